The average Bonchev–Trinajstić information content (AvgIpc) is 2.37. The van der Waals surface area contributed by atoms with Crippen LogP contribution >= 0.6 is 0 Å². The third-order valence-electron chi connectivity index (χ3n) is 3.80. The first-order valence-electron chi connectivity index (χ1n) is 6.99. The molecule has 0 amide bonds. The molecular formula is C16H23NO. The van der Waals surface area contributed by atoms with Crippen molar-refractivity contribution in [2.45, 2.75) is 45.4 Å². The number of nitrogens with zero attached hydrogens (tertiary/aromatic N) is 1. The minimum Gasteiger partial charge on any atom is -0.375 e. The molecule has 98 valence electrons. The number of rotatable bonds is 5. The highest BCUT2D eigenvalue weighted by atomic mass is 16.1. The van der Waals surface area contributed by atoms with E-state index in [1.54, 1.807) is 6.92 Å². The molecular weight excluding hydrogens is 222 g/mol. The van der Waals surface area contributed by atoms with Gasteiger partial charge in [0.15, 0.2) is 0 Å². The summed E-state index contributed by atoms with van der Waals surface area (Å²) in [6.45, 7) is 2.62. The van der Waals surface area contributed by atoms with Gasteiger partial charge in [-0.3, -0.25) is 0 Å². The summed E-state index contributed by atoms with van der Waals surface area (Å²) >= 11 is 0. The number of anilines is 1. The van der Waals surface area contributed by atoms with Gasteiger partial charge in [0.05, 0.1) is 0 Å². The van der Waals surface area contributed by atoms with E-state index in [2.05, 4.69) is 30.1 Å². The van der Waals surface area contributed by atoms with Crippen LogP contribution in [0, 0.1) is 0 Å². The van der Waals surface area contributed by atoms with Gasteiger partial charge in [0.1, 0.15) is 5.78 Å². The van der Waals surface area contributed by atoms with E-state index in [0.29, 0.717) is 6.42 Å². The molecule has 2 nitrogen and oxygen atoms in total. The summed E-state index contributed by atoms with van der Waals surface area (Å²) in [6.07, 6.45) is 6.76. The molecule has 1 aromatic rings. The van der Waals surface area contributed by atoms with Crippen molar-refractivity contribution in [3.8, 4) is 0 Å². The van der Waals surface area contributed by atoms with Crippen molar-refractivity contribution in [2.75, 3.05) is 18.5 Å². The van der Waals surface area contributed by atoms with Crippen molar-refractivity contribution in [2.24, 2.45) is 0 Å². The van der Waals surface area contributed by atoms with Crippen molar-refractivity contribution >= 4 is 11.5 Å². The van der Waals surface area contributed by atoms with Crippen molar-refractivity contribution in [3.05, 3.63) is 29.3 Å². The zero-order valence-electron chi connectivity index (χ0n) is 11.5. The summed E-state index contributed by atoms with van der Waals surface area (Å²) in [5, 5.41) is 0. The lowest BCUT2D eigenvalue weighted by molar-refractivity contribution is -0.117. The number of carbonyl (C=O) groups is 1. The Kier molecular flexibility index (Phi) is 4.40. The van der Waals surface area contributed by atoms with Gasteiger partial charge in [-0.05, 0) is 62.3 Å². The van der Waals surface area contributed by atoms with E-state index in [-0.39, 0.29) is 5.78 Å². The van der Waals surface area contributed by atoms with Gasteiger partial charge >= 0.3 is 0 Å². The quantitative estimate of drug-likeness (QED) is 0.792. The Labute approximate surface area is 110 Å². The number of fused-ring (bicyclic) bond motifs is 1. The molecule has 0 radical (unpaired) electrons. The van der Waals surface area contributed by atoms with E-state index in [0.717, 1.165) is 13.0 Å². The lowest BCUT2D eigenvalue weighted by atomic mass is 9.91. The molecule has 2 rings (SSSR count). The lowest BCUT2D eigenvalue weighted by Gasteiger charge is -2.23. The third kappa shape index (κ3) is 3.34. The topological polar surface area (TPSA) is 20.3 Å². The number of carbonyl (C=O) groups excluding carboxylic acids is 1. The molecule has 18 heavy (non-hydrogen) atoms. The van der Waals surface area contributed by atoms with Gasteiger partial charge in [-0.2, -0.15) is 0 Å². The number of Topliss-reactive ketones (excluding diaryl/α,β-unsaturated/α-hetero) is 1. The highest BCUT2D eigenvalue weighted by molar-refractivity contribution is 5.75. The molecule has 0 unspecified atom stereocenters. The molecule has 0 bridgehead atoms. The lowest BCUT2D eigenvalue weighted by Crippen LogP contribution is -2.19. The number of aryl methyl sites for hydroxylation is 2. The Hall–Kier alpha value is -1.31. The summed E-state index contributed by atoms with van der Waals surface area (Å²) in [5.74, 6) is 0.286. The molecule has 0 atom stereocenters. The summed E-state index contributed by atoms with van der Waals surface area (Å²) in [5.41, 5.74) is 4.35. The Morgan fingerprint density at radius 3 is 2.67 bits per heavy atom. The fourth-order valence-electron chi connectivity index (χ4n) is 2.65. The zero-order chi connectivity index (χ0) is 13.0. The van der Waals surface area contributed by atoms with Crippen molar-refractivity contribution in [1.82, 2.24) is 0 Å². The minimum atomic E-state index is 0.286. The van der Waals surface area contributed by atoms with Crippen LogP contribution in [-0.4, -0.2) is 19.4 Å². The van der Waals surface area contributed by atoms with Gasteiger partial charge in [-0.1, -0.05) is 6.07 Å². The molecule has 0 saturated carbocycles. The van der Waals surface area contributed by atoms with Crippen LogP contribution in [0.3, 0.4) is 0 Å². The summed E-state index contributed by atoms with van der Waals surface area (Å²) in [4.78, 5) is 13.2. The van der Waals surface area contributed by atoms with Gasteiger partial charge in [0.2, 0.25) is 0 Å². The Morgan fingerprint density at radius 1 is 1.22 bits per heavy atom. The van der Waals surface area contributed by atoms with E-state index in [4.69, 9.17) is 0 Å². The molecule has 1 aromatic carbocycles. The molecule has 0 aliphatic heterocycles. The van der Waals surface area contributed by atoms with Crippen LogP contribution in [0.25, 0.3) is 0 Å². The minimum absolute atomic E-state index is 0.286. The van der Waals surface area contributed by atoms with Gasteiger partial charge in [-0.15, -0.1) is 0 Å². The maximum Gasteiger partial charge on any atom is 0.129 e. The number of ketones is 1. The fraction of sp³-hybridized carbons (Fsp3) is 0.562. The predicted octanol–water partition coefficient (Wildman–Crippen LogP) is 3.37. The summed E-state index contributed by atoms with van der Waals surface area (Å²) in [6, 6.07) is 6.84. The summed E-state index contributed by atoms with van der Waals surface area (Å²) < 4.78 is 0. The standard InChI is InChI=1S/C16H23NO/c1-13(18)6-5-11-17(2)16-10-9-14-7-3-4-8-15(14)12-16/h9-10,12H,3-8,11H2,1-2H3. The molecule has 1 aliphatic rings. The van der Waals surface area contributed by atoms with Crippen molar-refractivity contribution < 1.29 is 4.79 Å². The highest BCUT2D eigenvalue weighted by Crippen LogP contribution is 2.25. The first-order chi connectivity index (χ1) is 8.66. The summed E-state index contributed by atoms with van der Waals surface area (Å²) in [7, 11) is 2.12. The maximum atomic E-state index is 10.9. The average molecular weight is 245 g/mol. The molecule has 0 heterocycles. The van der Waals surface area contributed by atoms with Crippen LogP contribution in [0.5, 0.6) is 0 Å². The van der Waals surface area contributed by atoms with Crippen LogP contribution < -0.4 is 4.90 Å². The van der Waals surface area contributed by atoms with Gasteiger partial charge in [0, 0.05) is 25.7 Å². The molecule has 0 N–H and O–H groups in total. The van der Waals surface area contributed by atoms with E-state index < -0.39 is 0 Å². The van der Waals surface area contributed by atoms with E-state index in [1.165, 1.54) is 42.5 Å². The molecule has 0 spiro atoms. The Balaban J connectivity index is 1.97. The third-order valence-corrected chi connectivity index (χ3v) is 3.80. The molecule has 0 saturated heterocycles. The van der Waals surface area contributed by atoms with Crippen LogP contribution in [0.4, 0.5) is 5.69 Å². The predicted molar refractivity (Wildman–Crippen MR) is 76.3 cm³/mol. The number of hydrogen-bond donors (Lipinski definition) is 0. The second-order valence-electron chi connectivity index (χ2n) is 5.39. The van der Waals surface area contributed by atoms with Crippen LogP contribution in [-0.2, 0) is 17.6 Å². The Bertz CT molecular complexity index is 425. The highest BCUT2D eigenvalue weighted by Gasteiger charge is 2.10. The first-order valence-corrected chi connectivity index (χ1v) is 6.99. The van der Waals surface area contributed by atoms with Gasteiger partial charge < -0.3 is 9.69 Å². The van der Waals surface area contributed by atoms with Crippen LogP contribution in [0.2, 0.25) is 0 Å². The molecule has 0 aromatic heterocycles. The normalized spacial score (nSPS) is 14.1. The second-order valence-corrected chi connectivity index (χ2v) is 5.39. The fourth-order valence-corrected chi connectivity index (χ4v) is 2.65. The maximum absolute atomic E-state index is 10.9. The number of hydrogen-bond acceptors (Lipinski definition) is 2. The smallest absolute Gasteiger partial charge is 0.129 e. The number of benzene rings is 1. The SMILES string of the molecule is CC(=O)CCCN(C)c1ccc2c(c1)CCCC2. The van der Waals surface area contributed by atoms with Gasteiger partial charge in [-0.25, -0.2) is 0 Å². The zero-order valence-corrected chi connectivity index (χ0v) is 11.5. The Morgan fingerprint density at radius 2 is 1.94 bits per heavy atom. The monoisotopic (exact) mass is 245 g/mol. The van der Waals surface area contributed by atoms with E-state index >= 15 is 0 Å². The van der Waals surface area contributed by atoms with E-state index in [9.17, 15) is 4.79 Å². The van der Waals surface area contributed by atoms with Gasteiger partial charge in [0.25, 0.3) is 0 Å². The van der Waals surface area contributed by atoms with Crippen molar-refractivity contribution in [3.63, 3.8) is 0 Å². The second kappa shape index (κ2) is 6.03. The van der Waals surface area contributed by atoms with E-state index in [1.807, 2.05) is 0 Å². The van der Waals surface area contributed by atoms with Crippen LogP contribution in [0.15, 0.2) is 18.2 Å². The van der Waals surface area contributed by atoms with Crippen molar-refractivity contribution in [1.29, 1.82) is 0 Å². The molecule has 2 heteroatoms. The van der Waals surface area contributed by atoms with Crippen LogP contribution in [0.1, 0.15) is 43.7 Å². The molecule has 1 aliphatic carbocycles. The first kappa shape index (κ1) is 13.1. The largest absolute Gasteiger partial charge is 0.375 e. The molecule has 0 fully saturated rings.